The molecule has 36 heavy (non-hydrogen) atoms. The Labute approximate surface area is 214 Å². The number of rotatable bonds is 7. The van der Waals surface area contributed by atoms with Crippen LogP contribution in [0.15, 0.2) is 72.1 Å². The van der Waals surface area contributed by atoms with Crippen LogP contribution in [0.25, 0.3) is 22.5 Å². The number of sulfone groups is 1. The van der Waals surface area contributed by atoms with Crippen molar-refractivity contribution in [2.75, 3.05) is 0 Å². The Balaban J connectivity index is 1.50. The van der Waals surface area contributed by atoms with E-state index < -0.39 is 9.84 Å². The number of nitriles is 1. The van der Waals surface area contributed by atoms with Gasteiger partial charge >= 0.3 is 215 Å². The molecule has 0 unspecified atom stereocenters. The van der Waals surface area contributed by atoms with E-state index in [1.807, 2.05) is 6.07 Å². The zero-order valence-electron chi connectivity index (χ0n) is 19.4. The molecule has 0 aliphatic carbocycles. The van der Waals surface area contributed by atoms with E-state index in [-0.39, 0.29) is 26.4 Å². The first-order valence-electron chi connectivity index (χ1n) is 11.0. The van der Waals surface area contributed by atoms with Gasteiger partial charge in [0.25, 0.3) is 0 Å². The zero-order chi connectivity index (χ0) is 25.3. The van der Waals surface area contributed by atoms with Gasteiger partial charge in [0.15, 0.2) is 0 Å². The van der Waals surface area contributed by atoms with Crippen molar-refractivity contribution >= 4 is 41.0 Å². The molecule has 5 rings (SSSR count). The van der Waals surface area contributed by atoms with E-state index in [0.29, 0.717) is 27.4 Å². The molecule has 4 heterocycles. The van der Waals surface area contributed by atoms with E-state index >= 15 is 0 Å². The fraction of sp³-hybridized carbons (Fsp3) is 0.167. The first-order valence-corrected chi connectivity index (χ1v) is 14.7. The van der Waals surface area contributed by atoms with Gasteiger partial charge in [-0.2, -0.15) is 0 Å². The van der Waals surface area contributed by atoms with Crippen LogP contribution in [-0.4, -0.2) is 58.9 Å². The van der Waals surface area contributed by atoms with E-state index in [9.17, 15) is 8.42 Å². The fourth-order valence-corrected chi connectivity index (χ4v) is 7.08. The third kappa shape index (κ3) is 4.78. The maximum atomic E-state index is 12.8. The Morgan fingerprint density at radius 3 is 2.64 bits per heavy atom. The average Bonchev–Trinajstić information content (AvgIpc) is 3.50. The summed E-state index contributed by atoms with van der Waals surface area (Å²) >= 11 is -0.261. The number of pyridine rings is 2. The summed E-state index contributed by atoms with van der Waals surface area (Å²) in [6, 6.07) is 14.1. The van der Waals surface area contributed by atoms with Gasteiger partial charge in [-0.05, 0) is 0 Å². The number of hydrogen-bond donors (Lipinski definition) is 0. The quantitative estimate of drug-likeness (QED) is 0.278. The summed E-state index contributed by atoms with van der Waals surface area (Å²) < 4.78 is 30.2. The normalized spacial score (nSPS) is 12.1. The standard InChI is InChI=1S/C24H20AsN8O2S/c1-16(2)25-21-9-23(33-24-18(12-29-33)8-17(10-26)11-28-24)27-13-22(21)32-14-19(30-31-32)15-36(34,35)20-6-4-3-5-7-20/h3-9,11-14,16H,15H2,1-2H3. The molecule has 0 saturated carbocycles. The van der Waals surface area contributed by atoms with Gasteiger partial charge in [0.1, 0.15) is 0 Å². The molecule has 0 aliphatic rings. The Bertz CT molecular complexity index is 1710. The second-order valence-electron chi connectivity index (χ2n) is 8.29. The van der Waals surface area contributed by atoms with Gasteiger partial charge in [0.05, 0.1) is 0 Å². The predicted molar refractivity (Wildman–Crippen MR) is 134 cm³/mol. The third-order valence-corrected chi connectivity index (χ3v) is 9.31. The summed E-state index contributed by atoms with van der Waals surface area (Å²) in [7, 11) is -3.54. The van der Waals surface area contributed by atoms with Crippen molar-refractivity contribution < 1.29 is 8.42 Å². The van der Waals surface area contributed by atoms with E-state index in [4.69, 9.17) is 5.26 Å². The molecule has 0 atom stereocenters. The summed E-state index contributed by atoms with van der Waals surface area (Å²) in [6.45, 7) is 4.30. The number of benzene rings is 1. The number of hydrogen-bond acceptors (Lipinski definition) is 8. The van der Waals surface area contributed by atoms with Crippen LogP contribution in [0.3, 0.4) is 0 Å². The summed E-state index contributed by atoms with van der Waals surface area (Å²) in [5, 5.41) is 22.6. The Hall–Kier alpha value is -3.87. The summed E-state index contributed by atoms with van der Waals surface area (Å²) in [6.07, 6.45) is 6.50. The maximum absolute atomic E-state index is 12.8. The van der Waals surface area contributed by atoms with E-state index in [1.165, 1.54) is 6.20 Å². The molecule has 0 spiro atoms. The van der Waals surface area contributed by atoms with Gasteiger partial charge < -0.3 is 0 Å². The molecule has 4 aromatic heterocycles. The van der Waals surface area contributed by atoms with E-state index in [2.05, 4.69) is 45.3 Å². The molecule has 179 valence electrons. The van der Waals surface area contributed by atoms with Gasteiger partial charge in [-0.25, -0.2) is 0 Å². The van der Waals surface area contributed by atoms with Gasteiger partial charge in [-0.1, -0.05) is 0 Å². The molecule has 0 amide bonds. The van der Waals surface area contributed by atoms with Crippen LogP contribution >= 0.6 is 0 Å². The molecule has 10 nitrogen and oxygen atoms in total. The first-order chi connectivity index (χ1) is 17.3. The van der Waals surface area contributed by atoms with Crippen LogP contribution in [0.5, 0.6) is 0 Å². The van der Waals surface area contributed by atoms with Gasteiger partial charge in [-0.15, -0.1) is 0 Å². The molecule has 0 saturated heterocycles. The molecule has 12 heteroatoms. The molecule has 0 N–H and O–H groups in total. The minimum atomic E-state index is -3.54. The topological polar surface area (TPSA) is 132 Å². The third-order valence-electron chi connectivity index (χ3n) is 5.23. The monoisotopic (exact) mass is 559 g/mol. The molecule has 0 aliphatic heterocycles. The second kappa shape index (κ2) is 9.64. The molecular formula is C24H20AsN8O2S. The van der Waals surface area contributed by atoms with Crippen LogP contribution in [0.2, 0.25) is 4.71 Å². The molecule has 0 fully saturated rings. The Kier molecular flexibility index (Phi) is 6.39. The number of fused-ring (bicyclic) bond motifs is 1. The van der Waals surface area contributed by atoms with Crippen LogP contribution in [0.4, 0.5) is 0 Å². The van der Waals surface area contributed by atoms with Crippen molar-refractivity contribution in [2.45, 2.75) is 29.2 Å². The average molecular weight is 559 g/mol. The SMILES string of the molecule is CC(C)[As]c1cc(-n2ncc3cc(C#N)cnc32)ncc1-n1cc(CS(=O)(=O)c2ccccc2)nn1. The summed E-state index contributed by atoms with van der Waals surface area (Å²) in [5.74, 6) is 0.356. The molecule has 1 radical (unpaired) electrons. The van der Waals surface area contributed by atoms with Crippen molar-refractivity contribution in [3.63, 3.8) is 0 Å². The van der Waals surface area contributed by atoms with Crippen LogP contribution < -0.4 is 4.35 Å². The number of nitrogens with zero attached hydrogens (tertiary/aromatic N) is 8. The van der Waals surface area contributed by atoms with Crippen molar-refractivity contribution in [3.8, 4) is 17.6 Å². The molecule has 0 bridgehead atoms. The van der Waals surface area contributed by atoms with E-state index in [1.54, 1.807) is 64.4 Å². The van der Waals surface area contributed by atoms with E-state index in [0.717, 1.165) is 15.4 Å². The Morgan fingerprint density at radius 2 is 1.89 bits per heavy atom. The zero-order valence-corrected chi connectivity index (χ0v) is 22.1. The van der Waals surface area contributed by atoms with Crippen molar-refractivity contribution in [1.82, 2.24) is 34.7 Å². The minimum absolute atomic E-state index is 0.245. The first kappa shape index (κ1) is 23.9. The second-order valence-corrected chi connectivity index (χ2v) is 14.0. The van der Waals surface area contributed by atoms with Crippen molar-refractivity contribution in [1.29, 1.82) is 5.26 Å². The predicted octanol–water partition coefficient (Wildman–Crippen LogP) is 2.40. The fourth-order valence-electron chi connectivity index (χ4n) is 3.64. The van der Waals surface area contributed by atoms with Gasteiger partial charge in [-0.3, -0.25) is 0 Å². The molecule has 5 aromatic rings. The van der Waals surface area contributed by atoms with Crippen LogP contribution in [-0.2, 0) is 15.6 Å². The summed E-state index contributed by atoms with van der Waals surface area (Å²) in [5.41, 5.74) is 2.17. The van der Waals surface area contributed by atoms with Crippen LogP contribution in [0.1, 0.15) is 25.1 Å². The van der Waals surface area contributed by atoms with Crippen LogP contribution in [0, 0.1) is 11.3 Å². The Morgan fingerprint density at radius 1 is 1.08 bits per heavy atom. The molecule has 1 aromatic carbocycles. The summed E-state index contributed by atoms with van der Waals surface area (Å²) in [4.78, 5) is 9.22. The number of aromatic nitrogens is 7. The van der Waals surface area contributed by atoms with Crippen molar-refractivity contribution in [2.24, 2.45) is 0 Å². The van der Waals surface area contributed by atoms with Crippen molar-refractivity contribution in [3.05, 3.63) is 78.5 Å². The van der Waals surface area contributed by atoms with Gasteiger partial charge in [0, 0.05) is 0 Å². The molecular weight excluding hydrogens is 539 g/mol. The van der Waals surface area contributed by atoms with Gasteiger partial charge in [0.2, 0.25) is 0 Å².